The van der Waals surface area contributed by atoms with Crippen LogP contribution in [0.2, 0.25) is 0 Å². The van der Waals surface area contributed by atoms with Crippen LogP contribution in [-0.4, -0.2) is 32.6 Å². The van der Waals surface area contributed by atoms with Crippen LogP contribution < -0.4 is 10.5 Å². The number of carbonyl (C=O) groups is 1. The van der Waals surface area contributed by atoms with Gasteiger partial charge >= 0.3 is 5.97 Å². The number of ether oxygens (including phenoxy) is 2. The van der Waals surface area contributed by atoms with E-state index in [0.29, 0.717) is 17.9 Å². The quantitative estimate of drug-likeness (QED) is 0.568. The summed E-state index contributed by atoms with van der Waals surface area (Å²) in [6.07, 6.45) is 8.56. The predicted octanol–water partition coefficient (Wildman–Crippen LogP) is 4.33. The number of cyclic esters (lactones) is 1. The molecular formula is C27H30N4O3. The van der Waals surface area contributed by atoms with E-state index in [1.165, 1.54) is 0 Å². The number of fused-ring (bicyclic) bond motifs is 3. The fourth-order valence-corrected chi connectivity index (χ4v) is 5.15. The molecule has 0 unspecified atom stereocenters. The van der Waals surface area contributed by atoms with Crippen molar-refractivity contribution < 1.29 is 14.3 Å². The molecule has 0 saturated heterocycles. The minimum absolute atomic E-state index is 0.180. The van der Waals surface area contributed by atoms with Gasteiger partial charge in [0.15, 0.2) is 0 Å². The molecule has 176 valence electrons. The monoisotopic (exact) mass is 458 g/mol. The van der Waals surface area contributed by atoms with Gasteiger partial charge in [-0.1, -0.05) is 0 Å². The van der Waals surface area contributed by atoms with Crippen molar-refractivity contribution in [1.29, 1.82) is 0 Å². The molecule has 2 N–H and O–H groups in total. The van der Waals surface area contributed by atoms with E-state index in [1.807, 2.05) is 52.2 Å². The highest BCUT2D eigenvalue weighted by molar-refractivity contribution is 5.93. The zero-order valence-corrected chi connectivity index (χ0v) is 20.1. The van der Waals surface area contributed by atoms with E-state index >= 15 is 0 Å². The van der Waals surface area contributed by atoms with Gasteiger partial charge in [-0.3, -0.25) is 9.97 Å². The second-order valence-electron chi connectivity index (χ2n) is 11.1. The second-order valence-corrected chi connectivity index (χ2v) is 11.1. The molecule has 3 aliphatic rings. The first-order valence-corrected chi connectivity index (χ1v) is 12.0. The number of carbonyl (C=O) groups excluding carboxylic acids is 1. The van der Waals surface area contributed by atoms with Crippen LogP contribution in [0.15, 0.2) is 30.6 Å². The maximum atomic E-state index is 12.6. The number of pyridine rings is 3. The maximum absolute atomic E-state index is 12.6. The number of esters is 1. The van der Waals surface area contributed by atoms with Crippen molar-refractivity contribution in [3.05, 3.63) is 58.8 Å². The molecule has 7 nitrogen and oxygen atoms in total. The Hall–Kier alpha value is -3.06. The third kappa shape index (κ3) is 3.36. The van der Waals surface area contributed by atoms with Gasteiger partial charge in [0, 0.05) is 35.7 Å². The highest BCUT2D eigenvalue weighted by Crippen LogP contribution is 2.59. The Kier molecular flexibility index (Phi) is 4.41. The molecule has 4 heterocycles. The van der Waals surface area contributed by atoms with Gasteiger partial charge in [-0.2, -0.15) is 0 Å². The summed E-state index contributed by atoms with van der Waals surface area (Å²) in [6, 6.07) is 5.84. The topological polar surface area (TPSA) is 100 Å². The van der Waals surface area contributed by atoms with Crippen LogP contribution in [-0.2, 0) is 22.1 Å². The van der Waals surface area contributed by atoms with Crippen molar-refractivity contribution >= 4 is 16.7 Å². The summed E-state index contributed by atoms with van der Waals surface area (Å²) in [5.74, 6) is 0.332. The second kappa shape index (κ2) is 6.98. The van der Waals surface area contributed by atoms with Crippen LogP contribution >= 0.6 is 0 Å². The van der Waals surface area contributed by atoms with E-state index in [4.69, 9.17) is 25.2 Å². The molecule has 1 aliphatic heterocycles. The normalized spacial score (nSPS) is 20.2. The summed E-state index contributed by atoms with van der Waals surface area (Å²) in [6.45, 7) is 7.94. The standard InChI is InChI=1S/C27H30N4O3/c1-25(2,28)21-14-30-23(33-17-6-7-17)20-13-29-16(12-19(20)21)11-15-5-8-18-22(31-15)27(9-10-27)26(3,4)34-24(18)32/h5,8,12-14,17H,6-7,9-11,28H2,1-4H3. The van der Waals surface area contributed by atoms with Crippen LogP contribution in [0.5, 0.6) is 5.88 Å². The average molecular weight is 459 g/mol. The van der Waals surface area contributed by atoms with E-state index in [9.17, 15) is 4.79 Å². The van der Waals surface area contributed by atoms with E-state index in [0.717, 1.165) is 59.1 Å². The Morgan fingerprint density at radius 2 is 1.88 bits per heavy atom. The van der Waals surface area contributed by atoms with Crippen LogP contribution in [0.25, 0.3) is 10.8 Å². The fraction of sp³-hybridized carbons (Fsp3) is 0.481. The molecule has 1 spiro atoms. The summed E-state index contributed by atoms with van der Waals surface area (Å²) >= 11 is 0. The smallest absolute Gasteiger partial charge is 0.340 e. The van der Waals surface area contributed by atoms with Crippen LogP contribution in [0.1, 0.15) is 86.4 Å². The SMILES string of the molecule is CC(C)(N)c1cnc(OC2CC2)c2cnc(Cc3ccc4c(n3)C3(CC3)C(C)(C)OC4=O)cc12. The summed E-state index contributed by atoms with van der Waals surface area (Å²) in [5.41, 5.74) is 9.39. The number of aromatic nitrogens is 3. The van der Waals surface area contributed by atoms with Gasteiger partial charge < -0.3 is 15.2 Å². The van der Waals surface area contributed by atoms with Crippen molar-refractivity contribution in [2.24, 2.45) is 5.73 Å². The Labute approximate surface area is 199 Å². The van der Waals surface area contributed by atoms with Crippen molar-refractivity contribution in [1.82, 2.24) is 15.0 Å². The zero-order chi connectivity index (χ0) is 23.9. The molecule has 0 amide bonds. The molecule has 3 aromatic rings. The molecule has 0 atom stereocenters. The lowest BCUT2D eigenvalue weighted by atomic mass is 9.79. The summed E-state index contributed by atoms with van der Waals surface area (Å²) in [4.78, 5) is 26.8. The van der Waals surface area contributed by atoms with E-state index in [-0.39, 0.29) is 17.5 Å². The highest BCUT2D eigenvalue weighted by Gasteiger charge is 2.62. The molecule has 34 heavy (non-hydrogen) atoms. The molecule has 0 bridgehead atoms. The zero-order valence-electron chi connectivity index (χ0n) is 20.1. The van der Waals surface area contributed by atoms with Gasteiger partial charge in [-0.05, 0) is 82.5 Å². The third-order valence-electron chi connectivity index (χ3n) is 7.53. The van der Waals surface area contributed by atoms with Crippen molar-refractivity contribution in [2.45, 2.75) is 82.5 Å². The lowest BCUT2D eigenvalue weighted by Gasteiger charge is -2.39. The first-order chi connectivity index (χ1) is 16.1. The summed E-state index contributed by atoms with van der Waals surface area (Å²) in [7, 11) is 0. The molecule has 0 radical (unpaired) electrons. The minimum Gasteiger partial charge on any atom is -0.474 e. The van der Waals surface area contributed by atoms with Gasteiger partial charge in [0.2, 0.25) is 5.88 Å². The first-order valence-electron chi connectivity index (χ1n) is 12.0. The highest BCUT2D eigenvalue weighted by atomic mass is 16.6. The number of rotatable bonds is 5. The van der Waals surface area contributed by atoms with Gasteiger partial charge in [0.25, 0.3) is 0 Å². The largest absolute Gasteiger partial charge is 0.474 e. The van der Waals surface area contributed by atoms with Crippen LogP contribution in [0, 0.1) is 0 Å². The Balaban J connectivity index is 1.40. The van der Waals surface area contributed by atoms with Gasteiger partial charge in [-0.25, -0.2) is 9.78 Å². The predicted molar refractivity (Wildman–Crippen MR) is 128 cm³/mol. The molecule has 2 saturated carbocycles. The Morgan fingerprint density at radius 3 is 2.56 bits per heavy atom. The number of nitrogens with zero attached hydrogens (tertiary/aromatic N) is 3. The molecule has 2 fully saturated rings. The molecule has 0 aromatic carbocycles. The summed E-state index contributed by atoms with van der Waals surface area (Å²) in [5, 5.41) is 1.89. The molecule has 6 rings (SSSR count). The van der Waals surface area contributed by atoms with Crippen molar-refractivity contribution in [3.8, 4) is 5.88 Å². The average Bonchev–Trinajstić information content (AvgIpc) is 3.67. The molecule has 3 aromatic heterocycles. The Morgan fingerprint density at radius 1 is 1.12 bits per heavy atom. The van der Waals surface area contributed by atoms with Gasteiger partial charge in [0.05, 0.1) is 22.1 Å². The van der Waals surface area contributed by atoms with E-state index in [1.54, 1.807) is 0 Å². The number of hydrogen-bond donors (Lipinski definition) is 1. The summed E-state index contributed by atoms with van der Waals surface area (Å²) < 4.78 is 11.8. The van der Waals surface area contributed by atoms with Crippen molar-refractivity contribution in [2.75, 3.05) is 0 Å². The maximum Gasteiger partial charge on any atom is 0.340 e. The lowest BCUT2D eigenvalue weighted by Crippen LogP contribution is -2.46. The van der Waals surface area contributed by atoms with Crippen molar-refractivity contribution in [3.63, 3.8) is 0 Å². The van der Waals surface area contributed by atoms with Gasteiger partial charge in [0.1, 0.15) is 11.7 Å². The van der Waals surface area contributed by atoms with E-state index in [2.05, 4.69) is 11.1 Å². The first kappa shape index (κ1) is 21.5. The molecular weight excluding hydrogens is 428 g/mol. The van der Waals surface area contributed by atoms with Crippen LogP contribution in [0.4, 0.5) is 0 Å². The lowest BCUT2D eigenvalue weighted by molar-refractivity contribution is -0.0285. The van der Waals surface area contributed by atoms with Gasteiger partial charge in [-0.15, -0.1) is 0 Å². The van der Waals surface area contributed by atoms with Crippen LogP contribution in [0.3, 0.4) is 0 Å². The minimum atomic E-state index is -0.559. The number of nitrogens with two attached hydrogens (primary N) is 1. The molecule has 2 aliphatic carbocycles. The fourth-order valence-electron chi connectivity index (χ4n) is 5.15. The third-order valence-corrected chi connectivity index (χ3v) is 7.53. The molecule has 7 heteroatoms. The Bertz CT molecular complexity index is 1330. The van der Waals surface area contributed by atoms with E-state index < -0.39 is 11.1 Å². The number of hydrogen-bond acceptors (Lipinski definition) is 7.